The van der Waals surface area contributed by atoms with Gasteiger partial charge in [0.05, 0.1) is 20.3 Å². The molecule has 0 spiro atoms. The van der Waals surface area contributed by atoms with Crippen molar-refractivity contribution in [1.29, 1.82) is 0 Å². The number of guanidine groups is 1. The SMILES string of the molecule is CN=C(NCCCOCC1CCOC1)N1CCN(c2cccc(OC)c2)CC1.I. The number of nitrogens with one attached hydrogen (secondary N) is 1. The van der Waals surface area contributed by atoms with Crippen molar-refractivity contribution in [3.8, 4) is 5.75 Å². The van der Waals surface area contributed by atoms with Gasteiger partial charge < -0.3 is 29.3 Å². The van der Waals surface area contributed by atoms with Gasteiger partial charge in [0.25, 0.3) is 0 Å². The zero-order valence-electron chi connectivity index (χ0n) is 17.6. The molecule has 164 valence electrons. The second-order valence-electron chi connectivity index (χ2n) is 7.31. The van der Waals surface area contributed by atoms with Gasteiger partial charge in [0.15, 0.2) is 5.96 Å². The van der Waals surface area contributed by atoms with Crippen LogP contribution in [0.2, 0.25) is 0 Å². The van der Waals surface area contributed by atoms with E-state index in [2.05, 4.69) is 32.2 Å². The molecule has 1 N–H and O–H groups in total. The summed E-state index contributed by atoms with van der Waals surface area (Å²) in [6, 6.07) is 8.27. The molecule has 3 rings (SSSR count). The van der Waals surface area contributed by atoms with Crippen molar-refractivity contribution in [2.24, 2.45) is 10.9 Å². The summed E-state index contributed by atoms with van der Waals surface area (Å²) in [6.07, 6.45) is 2.11. The number of hydrogen-bond acceptors (Lipinski definition) is 5. The van der Waals surface area contributed by atoms with Crippen LogP contribution in [-0.2, 0) is 9.47 Å². The Bertz CT molecular complexity index is 618. The molecule has 1 atom stereocenters. The molecular formula is C21H35IN4O3. The number of hydrogen-bond donors (Lipinski definition) is 1. The van der Waals surface area contributed by atoms with Crippen LogP contribution in [0.15, 0.2) is 29.3 Å². The lowest BCUT2D eigenvalue weighted by atomic mass is 10.1. The molecule has 2 fully saturated rings. The fourth-order valence-corrected chi connectivity index (χ4v) is 3.66. The summed E-state index contributed by atoms with van der Waals surface area (Å²) in [4.78, 5) is 9.18. The lowest BCUT2D eigenvalue weighted by Gasteiger charge is -2.37. The summed E-state index contributed by atoms with van der Waals surface area (Å²) >= 11 is 0. The first-order valence-electron chi connectivity index (χ1n) is 10.3. The van der Waals surface area contributed by atoms with Crippen LogP contribution in [0.4, 0.5) is 5.69 Å². The number of aliphatic imine (C=N–C) groups is 1. The van der Waals surface area contributed by atoms with Crippen molar-refractivity contribution in [1.82, 2.24) is 10.2 Å². The highest BCUT2D eigenvalue weighted by atomic mass is 127. The van der Waals surface area contributed by atoms with Crippen LogP contribution in [0.5, 0.6) is 5.75 Å². The molecule has 2 saturated heterocycles. The van der Waals surface area contributed by atoms with Crippen LogP contribution in [0.1, 0.15) is 12.8 Å². The summed E-state index contributed by atoms with van der Waals surface area (Å²) in [6.45, 7) is 8.07. The van der Waals surface area contributed by atoms with Crippen LogP contribution in [0.3, 0.4) is 0 Å². The third kappa shape index (κ3) is 7.49. The summed E-state index contributed by atoms with van der Waals surface area (Å²) in [7, 11) is 3.56. The fourth-order valence-electron chi connectivity index (χ4n) is 3.66. The smallest absolute Gasteiger partial charge is 0.193 e. The van der Waals surface area contributed by atoms with Crippen molar-refractivity contribution in [3.05, 3.63) is 24.3 Å². The van der Waals surface area contributed by atoms with Crippen molar-refractivity contribution in [2.45, 2.75) is 12.8 Å². The monoisotopic (exact) mass is 518 g/mol. The molecule has 0 saturated carbocycles. The molecular weight excluding hydrogens is 483 g/mol. The predicted octanol–water partition coefficient (Wildman–Crippen LogP) is 2.45. The lowest BCUT2D eigenvalue weighted by molar-refractivity contribution is 0.0887. The third-order valence-corrected chi connectivity index (χ3v) is 5.34. The highest BCUT2D eigenvalue weighted by molar-refractivity contribution is 14.0. The van der Waals surface area contributed by atoms with E-state index in [1.807, 2.05) is 19.2 Å². The highest BCUT2D eigenvalue weighted by Gasteiger charge is 2.20. The van der Waals surface area contributed by atoms with E-state index in [9.17, 15) is 0 Å². The van der Waals surface area contributed by atoms with Gasteiger partial charge in [-0.25, -0.2) is 0 Å². The Morgan fingerprint density at radius 2 is 2.10 bits per heavy atom. The molecule has 0 bridgehead atoms. The van der Waals surface area contributed by atoms with E-state index >= 15 is 0 Å². The fraction of sp³-hybridized carbons (Fsp3) is 0.667. The van der Waals surface area contributed by atoms with Gasteiger partial charge in [-0.3, -0.25) is 4.99 Å². The van der Waals surface area contributed by atoms with Crippen LogP contribution in [-0.4, -0.2) is 84.2 Å². The molecule has 1 unspecified atom stereocenters. The van der Waals surface area contributed by atoms with Crippen LogP contribution >= 0.6 is 24.0 Å². The first-order valence-corrected chi connectivity index (χ1v) is 10.3. The number of ether oxygens (including phenoxy) is 3. The van der Waals surface area contributed by atoms with E-state index in [1.54, 1.807) is 7.11 Å². The Morgan fingerprint density at radius 3 is 2.79 bits per heavy atom. The topological polar surface area (TPSA) is 58.6 Å². The molecule has 1 aromatic carbocycles. The Morgan fingerprint density at radius 1 is 1.28 bits per heavy atom. The molecule has 0 amide bonds. The number of halogens is 1. The van der Waals surface area contributed by atoms with Gasteiger partial charge in [-0.1, -0.05) is 6.07 Å². The molecule has 29 heavy (non-hydrogen) atoms. The predicted molar refractivity (Wildman–Crippen MR) is 128 cm³/mol. The van der Waals surface area contributed by atoms with Crippen molar-refractivity contribution in [2.75, 3.05) is 78.2 Å². The molecule has 1 aromatic rings. The summed E-state index contributed by atoms with van der Waals surface area (Å²) < 4.78 is 16.5. The van der Waals surface area contributed by atoms with Crippen molar-refractivity contribution in [3.63, 3.8) is 0 Å². The first kappa shape index (κ1) is 24.0. The molecule has 2 aliphatic heterocycles. The maximum Gasteiger partial charge on any atom is 0.193 e. The molecule has 0 aliphatic carbocycles. The zero-order chi connectivity index (χ0) is 19.6. The Labute approximate surface area is 191 Å². The van der Waals surface area contributed by atoms with Crippen LogP contribution in [0, 0.1) is 5.92 Å². The van der Waals surface area contributed by atoms with Crippen LogP contribution in [0.25, 0.3) is 0 Å². The van der Waals surface area contributed by atoms with Gasteiger partial charge in [0, 0.05) is 70.7 Å². The summed E-state index contributed by atoms with van der Waals surface area (Å²) in [5.41, 5.74) is 1.21. The molecule has 2 aliphatic rings. The number of piperazine rings is 1. The average Bonchev–Trinajstić information content (AvgIpc) is 3.27. The maximum absolute atomic E-state index is 5.77. The second-order valence-corrected chi connectivity index (χ2v) is 7.31. The summed E-state index contributed by atoms with van der Waals surface area (Å²) in [5, 5.41) is 3.47. The Kier molecular flexibility index (Phi) is 10.9. The maximum atomic E-state index is 5.77. The molecule has 7 nitrogen and oxygen atoms in total. The van der Waals surface area contributed by atoms with E-state index in [0.29, 0.717) is 5.92 Å². The van der Waals surface area contributed by atoms with Gasteiger partial charge in [0.2, 0.25) is 0 Å². The molecule has 0 radical (unpaired) electrons. The minimum Gasteiger partial charge on any atom is -0.497 e. The summed E-state index contributed by atoms with van der Waals surface area (Å²) in [5.74, 6) is 2.47. The molecule has 0 aromatic heterocycles. The lowest BCUT2D eigenvalue weighted by Crippen LogP contribution is -2.52. The largest absolute Gasteiger partial charge is 0.497 e. The second kappa shape index (κ2) is 13.1. The van der Waals surface area contributed by atoms with Crippen molar-refractivity contribution < 1.29 is 14.2 Å². The number of methoxy groups -OCH3 is 1. The molecule has 2 heterocycles. The molecule has 8 heteroatoms. The first-order chi connectivity index (χ1) is 13.8. The Balaban J connectivity index is 0.00000300. The minimum absolute atomic E-state index is 0. The third-order valence-electron chi connectivity index (χ3n) is 5.34. The number of anilines is 1. The van der Waals surface area contributed by atoms with Gasteiger partial charge in [-0.2, -0.15) is 0 Å². The number of benzene rings is 1. The standard InChI is InChI=1S/C21H34N4O3.HI/c1-22-21(23-8-4-13-27-16-18-7-14-28-17-18)25-11-9-24(10-12-25)19-5-3-6-20(15-19)26-2;/h3,5-6,15,18H,4,7-14,16-17H2,1-2H3,(H,22,23);1H. The quantitative estimate of drug-likeness (QED) is 0.247. The van der Waals surface area contributed by atoms with Gasteiger partial charge >= 0.3 is 0 Å². The number of nitrogens with zero attached hydrogens (tertiary/aromatic N) is 3. The average molecular weight is 518 g/mol. The Hall–Kier alpha value is -1.26. The van der Waals surface area contributed by atoms with E-state index in [0.717, 1.165) is 83.7 Å². The van der Waals surface area contributed by atoms with Crippen molar-refractivity contribution >= 4 is 35.6 Å². The number of rotatable bonds is 8. The van der Waals surface area contributed by atoms with E-state index in [-0.39, 0.29) is 24.0 Å². The highest BCUT2D eigenvalue weighted by Crippen LogP contribution is 2.22. The van der Waals surface area contributed by atoms with Gasteiger partial charge in [0.1, 0.15) is 5.75 Å². The van der Waals surface area contributed by atoms with Gasteiger partial charge in [-0.15, -0.1) is 24.0 Å². The van der Waals surface area contributed by atoms with Gasteiger partial charge in [-0.05, 0) is 25.0 Å². The minimum atomic E-state index is 0. The van der Waals surface area contributed by atoms with E-state index in [4.69, 9.17) is 14.2 Å². The zero-order valence-corrected chi connectivity index (χ0v) is 20.0. The van der Waals surface area contributed by atoms with E-state index < -0.39 is 0 Å². The van der Waals surface area contributed by atoms with E-state index in [1.165, 1.54) is 5.69 Å². The normalized spacial score (nSPS) is 19.8. The van der Waals surface area contributed by atoms with Crippen LogP contribution < -0.4 is 15.0 Å².